The SMILES string of the molecule is Cc1ccc([C@@H](C)NC(=O)c2ccc(CSc3ccc(Cl)cc3)cc2)cc1C. The molecule has 0 aromatic heterocycles. The molecule has 0 saturated carbocycles. The molecule has 2 nitrogen and oxygen atoms in total. The van der Waals surface area contributed by atoms with Gasteiger partial charge in [0.15, 0.2) is 0 Å². The van der Waals surface area contributed by atoms with E-state index in [1.54, 1.807) is 11.8 Å². The third-order valence-corrected chi connectivity index (χ3v) is 6.15. The molecule has 0 aliphatic rings. The van der Waals surface area contributed by atoms with Crippen molar-refractivity contribution in [2.45, 2.75) is 37.5 Å². The molecule has 0 saturated heterocycles. The Bertz CT molecular complexity index is 951. The molecule has 3 aromatic carbocycles. The van der Waals surface area contributed by atoms with Crippen molar-refractivity contribution >= 4 is 29.3 Å². The molecule has 4 heteroatoms. The third kappa shape index (κ3) is 5.40. The maximum Gasteiger partial charge on any atom is 0.251 e. The monoisotopic (exact) mass is 409 g/mol. The van der Waals surface area contributed by atoms with Crippen molar-refractivity contribution in [3.63, 3.8) is 0 Å². The number of aryl methyl sites for hydroxylation is 2. The quantitative estimate of drug-likeness (QED) is 0.456. The van der Waals surface area contributed by atoms with Gasteiger partial charge in [-0.15, -0.1) is 11.8 Å². The molecule has 0 heterocycles. The number of rotatable bonds is 6. The Morgan fingerprint density at radius 3 is 2.29 bits per heavy atom. The minimum Gasteiger partial charge on any atom is -0.346 e. The van der Waals surface area contributed by atoms with Crippen LogP contribution in [0.5, 0.6) is 0 Å². The maximum atomic E-state index is 12.6. The highest BCUT2D eigenvalue weighted by Gasteiger charge is 2.12. The minimum absolute atomic E-state index is 0.0352. The second-order valence-electron chi connectivity index (χ2n) is 6.98. The van der Waals surface area contributed by atoms with Crippen molar-refractivity contribution in [1.29, 1.82) is 0 Å². The van der Waals surface area contributed by atoms with Gasteiger partial charge in [-0.25, -0.2) is 0 Å². The van der Waals surface area contributed by atoms with Crippen molar-refractivity contribution in [3.05, 3.63) is 99.6 Å². The zero-order chi connectivity index (χ0) is 20.1. The number of amides is 1. The fourth-order valence-corrected chi connectivity index (χ4v) is 3.83. The fourth-order valence-electron chi connectivity index (χ4n) is 2.85. The average Bonchev–Trinajstić information content (AvgIpc) is 2.70. The molecule has 0 bridgehead atoms. The molecular weight excluding hydrogens is 386 g/mol. The van der Waals surface area contributed by atoms with E-state index in [9.17, 15) is 4.79 Å². The molecule has 0 aliphatic heterocycles. The van der Waals surface area contributed by atoms with E-state index in [0.29, 0.717) is 5.56 Å². The number of benzene rings is 3. The summed E-state index contributed by atoms with van der Waals surface area (Å²) in [6.07, 6.45) is 0. The number of nitrogens with one attached hydrogen (secondary N) is 1. The molecule has 0 unspecified atom stereocenters. The van der Waals surface area contributed by atoms with Crippen molar-refractivity contribution in [2.75, 3.05) is 0 Å². The summed E-state index contributed by atoms with van der Waals surface area (Å²) in [7, 11) is 0. The van der Waals surface area contributed by atoms with Gasteiger partial charge >= 0.3 is 0 Å². The van der Waals surface area contributed by atoms with Crippen LogP contribution < -0.4 is 5.32 Å². The van der Waals surface area contributed by atoms with Crippen molar-refractivity contribution in [1.82, 2.24) is 5.32 Å². The molecule has 0 radical (unpaired) electrons. The van der Waals surface area contributed by atoms with E-state index in [2.05, 4.69) is 37.4 Å². The highest BCUT2D eigenvalue weighted by atomic mass is 35.5. The Hall–Kier alpha value is -2.23. The van der Waals surface area contributed by atoms with Gasteiger partial charge in [-0.2, -0.15) is 0 Å². The van der Waals surface area contributed by atoms with Gasteiger partial charge in [-0.3, -0.25) is 4.79 Å². The lowest BCUT2D eigenvalue weighted by molar-refractivity contribution is 0.0940. The zero-order valence-electron chi connectivity index (χ0n) is 16.3. The molecule has 1 atom stereocenters. The lowest BCUT2D eigenvalue weighted by Crippen LogP contribution is -2.26. The molecule has 28 heavy (non-hydrogen) atoms. The summed E-state index contributed by atoms with van der Waals surface area (Å²) in [5.41, 5.74) is 5.47. The Labute approximate surface area is 176 Å². The van der Waals surface area contributed by atoms with Gasteiger partial charge in [0.25, 0.3) is 5.91 Å². The van der Waals surface area contributed by atoms with E-state index < -0.39 is 0 Å². The zero-order valence-corrected chi connectivity index (χ0v) is 17.9. The topological polar surface area (TPSA) is 29.1 Å². The Balaban J connectivity index is 1.58. The van der Waals surface area contributed by atoms with Crippen LogP contribution in [0.3, 0.4) is 0 Å². The number of carbonyl (C=O) groups is 1. The van der Waals surface area contributed by atoms with Gasteiger partial charge in [0.2, 0.25) is 0 Å². The van der Waals surface area contributed by atoms with Crippen molar-refractivity contribution < 1.29 is 4.79 Å². The van der Waals surface area contributed by atoms with Crippen LogP contribution in [0.2, 0.25) is 5.02 Å². The van der Waals surface area contributed by atoms with Crippen LogP contribution in [0, 0.1) is 13.8 Å². The highest BCUT2D eigenvalue weighted by Crippen LogP contribution is 2.24. The summed E-state index contributed by atoms with van der Waals surface area (Å²) in [4.78, 5) is 13.7. The maximum absolute atomic E-state index is 12.6. The summed E-state index contributed by atoms with van der Waals surface area (Å²) >= 11 is 7.67. The van der Waals surface area contributed by atoms with Crippen LogP contribution >= 0.6 is 23.4 Å². The van der Waals surface area contributed by atoms with Gasteiger partial charge in [0.05, 0.1) is 6.04 Å². The van der Waals surface area contributed by atoms with E-state index in [1.807, 2.05) is 55.5 Å². The first-order valence-corrected chi connectivity index (χ1v) is 10.6. The Morgan fingerprint density at radius 1 is 0.964 bits per heavy atom. The normalized spacial score (nSPS) is 11.9. The summed E-state index contributed by atoms with van der Waals surface area (Å²) < 4.78 is 0. The molecule has 1 N–H and O–H groups in total. The average molecular weight is 410 g/mol. The molecule has 3 rings (SSSR count). The Kier molecular flexibility index (Phi) is 6.82. The van der Waals surface area contributed by atoms with Crippen molar-refractivity contribution in [3.8, 4) is 0 Å². The smallest absolute Gasteiger partial charge is 0.251 e. The summed E-state index contributed by atoms with van der Waals surface area (Å²) in [5, 5.41) is 3.83. The predicted octanol–water partition coefficient (Wildman–Crippen LogP) is 6.74. The Morgan fingerprint density at radius 2 is 1.64 bits per heavy atom. The summed E-state index contributed by atoms with van der Waals surface area (Å²) in [5.74, 6) is 0.797. The fraction of sp³-hybridized carbons (Fsp3) is 0.208. The first-order valence-electron chi connectivity index (χ1n) is 9.27. The second kappa shape index (κ2) is 9.31. The van der Waals surface area contributed by atoms with Gasteiger partial charge in [-0.05, 0) is 79.4 Å². The minimum atomic E-state index is -0.0531. The molecule has 1 amide bonds. The van der Waals surface area contributed by atoms with Crippen LogP contribution in [0.15, 0.2) is 71.6 Å². The van der Waals surface area contributed by atoms with E-state index in [4.69, 9.17) is 11.6 Å². The molecule has 144 valence electrons. The molecule has 0 fully saturated rings. The van der Waals surface area contributed by atoms with Crippen LogP contribution in [0.1, 0.15) is 45.6 Å². The van der Waals surface area contributed by atoms with Crippen LogP contribution in [-0.2, 0) is 5.75 Å². The number of hydrogen-bond acceptors (Lipinski definition) is 2. The summed E-state index contributed by atoms with van der Waals surface area (Å²) in [6.45, 7) is 6.20. The lowest BCUT2D eigenvalue weighted by Gasteiger charge is -2.16. The first kappa shape index (κ1) is 20.5. The number of halogens is 1. The van der Waals surface area contributed by atoms with Gasteiger partial charge < -0.3 is 5.32 Å². The lowest BCUT2D eigenvalue weighted by atomic mass is 10.0. The largest absolute Gasteiger partial charge is 0.346 e. The first-order chi connectivity index (χ1) is 13.4. The second-order valence-corrected chi connectivity index (χ2v) is 8.46. The molecular formula is C24H24ClNOS. The number of carbonyl (C=O) groups excluding carboxylic acids is 1. The van der Waals surface area contributed by atoms with Crippen LogP contribution in [0.4, 0.5) is 0 Å². The van der Waals surface area contributed by atoms with Gasteiger partial charge in [-0.1, -0.05) is 41.9 Å². The molecule has 3 aromatic rings. The number of hydrogen-bond donors (Lipinski definition) is 1. The third-order valence-electron chi connectivity index (χ3n) is 4.81. The van der Waals surface area contributed by atoms with E-state index >= 15 is 0 Å². The van der Waals surface area contributed by atoms with E-state index in [0.717, 1.165) is 16.3 Å². The van der Waals surface area contributed by atoms with Gasteiger partial charge in [0, 0.05) is 21.2 Å². The van der Waals surface area contributed by atoms with Crippen LogP contribution in [0.25, 0.3) is 0 Å². The van der Waals surface area contributed by atoms with Crippen molar-refractivity contribution in [2.24, 2.45) is 0 Å². The summed E-state index contributed by atoms with van der Waals surface area (Å²) in [6, 6.07) is 21.9. The van der Waals surface area contributed by atoms with E-state index in [1.165, 1.54) is 21.6 Å². The standard InChI is InChI=1S/C24H24ClNOS/c1-16-4-7-21(14-17(16)2)18(3)26-24(27)20-8-5-19(6-9-20)15-28-23-12-10-22(25)11-13-23/h4-14,18H,15H2,1-3H3,(H,26,27)/t18-/m1/s1. The van der Waals surface area contributed by atoms with Gasteiger partial charge in [0.1, 0.15) is 0 Å². The van der Waals surface area contributed by atoms with Crippen LogP contribution in [-0.4, -0.2) is 5.91 Å². The number of thioether (sulfide) groups is 1. The highest BCUT2D eigenvalue weighted by molar-refractivity contribution is 7.98. The molecule has 0 aliphatic carbocycles. The predicted molar refractivity (Wildman–Crippen MR) is 119 cm³/mol. The van der Waals surface area contributed by atoms with E-state index in [-0.39, 0.29) is 11.9 Å². The molecule has 0 spiro atoms.